The van der Waals surface area contributed by atoms with E-state index in [1.165, 1.54) is 6.42 Å². The second-order valence-electron chi connectivity index (χ2n) is 5.10. The zero-order valence-electron chi connectivity index (χ0n) is 11.2. The fourth-order valence-electron chi connectivity index (χ4n) is 2.36. The lowest BCUT2D eigenvalue weighted by molar-refractivity contribution is 0.0561. The Labute approximate surface area is 128 Å². The molecule has 1 aliphatic carbocycles. The van der Waals surface area contributed by atoms with Gasteiger partial charge in [-0.25, -0.2) is 0 Å². The van der Waals surface area contributed by atoms with Gasteiger partial charge in [0.25, 0.3) is 5.91 Å². The van der Waals surface area contributed by atoms with E-state index in [4.69, 9.17) is 5.11 Å². The monoisotopic (exact) mass is 373 g/mol. The summed E-state index contributed by atoms with van der Waals surface area (Å²) in [6.07, 6.45) is 4.06. The third kappa shape index (κ3) is 3.28. The van der Waals surface area contributed by atoms with E-state index >= 15 is 0 Å². The Bertz CT molecular complexity index is 457. The van der Waals surface area contributed by atoms with Gasteiger partial charge in [-0.1, -0.05) is 12.1 Å². The summed E-state index contributed by atoms with van der Waals surface area (Å²) in [5.74, 6) is 0.117. The fourth-order valence-corrected chi connectivity index (χ4v) is 2.95. The van der Waals surface area contributed by atoms with Crippen LogP contribution < -0.4 is 0 Å². The van der Waals surface area contributed by atoms with Crippen molar-refractivity contribution in [3.63, 3.8) is 0 Å². The van der Waals surface area contributed by atoms with Crippen LogP contribution in [0.3, 0.4) is 0 Å². The van der Waals surface area contributed by atoms with Crippen molar-refractivity contribution < 1.29 is 9.90 Å². The molecule has 0 atom stereocenters. The largest absolute Gasteiger partial charge is 0.396 e. The Morgan fingerprint density at radius 1 is 1.47 bits per heavy atom. The van der Waals surface area contributed by atoms with Crippen molar-refractivity contribution in [2.24, 2.45) is 0 Å². The number of carbonyl (C=O) groups excluding carboxylic acids is 1. The zero-order valence-corrected chi connectivity index (χ0v) is 13.4. The molecule has 1 N–H and O–H groups in total. The lowest BCUT2D eigenvalue weighted by Crippen LogP contribution is -2.45. The molecule has 1 fully saturated rings. The number of aryl methyl sites for hydroxylation is 1. The van der Waals surface area contributed by atoms with Crippen molar-refractivity contribution in [1.82, 2.24) is 4.90 Å². The molecule has 0 radical (unpaired) electrons. The standard InChI is InChI=1S/C15H20INO2/c1-11-5-2-8-13(14(11)16)15(19)17(9-4-10-18)12-6-3-7-12/h2,5,8,12,18H,3-4,6-7,9-10H2,1H3. The Morgan fingerprint density at radius 2 is 2.21 bits per heavy atom. The van der Waals surface area contributed by atoms with Crippen LogP contribution in [-0.2, 0) is 0 Å². The molecule has 4 heteroatoms. The number of hydrogen-bond acceptors (Lipinski definition) is 2. The highest BCUT2D eigenvalue weighted by Crippen LogP contribution is 2.28. The number of nitrogens with zero attached hydrogens (tertiary/aromatic N) is 1. The molecule has 1 saturated carbocycles. The van der Waals surface area contributed by atoms with Crippen LogP contribution in [0.2, 0.25) is 0 Å². The number of aliphatic hydroxyl groups is 1. The van der Waals surface area contributed by atoms with Crippen LogP contribution in [0.5, 0.6) is 0 Å². The number of hydrogen-bond donors (Lipinski definition) is 1. The Balaban J connectivity index is 2.20. The second-order valence-corrected chi connectivity index (χ2v) is 6.18. The van der Waals surface area contributed by atoms with Gasteiger partial charge in [0.15, 0.2) is 0 Å². The minimum absolute atomic E-state index is 0.117. The number of halogens is 1. The molecule has 0 heterocycles. The molecule has 0 spiro atoms. The van der Waals surface area contributed by atoms with E-state index in [-0.39, 0.29) is 12.5 Å². The van der Waals surface area contributed by atoms with E-state index in [2.05, 4.69) is 22.6 Å². The van der Waals surface area contributed by atoms with Crippen LogP contribution in [-0.4, -0.2) is 35.1 Å². The normalized spacial score (nSPS) is 15.1. The molecular formula is C15H20INO2. The third-order valence-corrected chi connectivity index (χ3v) is 5.19. The summed E-state index contributed by atoms with van der Waals surface area (Å²) in [6, 6.07) is 6.24. The molecule has 0 saturated heterocycles. The van der Waals surface area contributed by atoms with Gasteiger partial charge in [-0.05, 0) is 66.8 Å². The van der Waals surface area contributed by atoms with Gasteiger partial charge < -0.3 is 10.0 Å². The van der Waals surface area contributed by atoms with E-state index in [1.54, 1.807) is 0 Å². The summed E-state index contributed by atoms with van der Waals surface area (Å²) in [4.78, 5) is 14.7. The molecule has 0 bridgehead atoms. The van der Waals surface area contributed by atoms with Crippen LogP contribution in [0.4, 0.5) is 0 Å². The van der Waals surface area contributed by atoms with Crippen molar-refractivity contribution in [2.45, 2.75) is 38.6 Å². The van der Waals surface area contributed by atoms with Crippen molar-refractivity contribution in [3.05, 3.63) is 32.9 Å². The molecular weight excluding hydrogens is 353 g/mol. The number of amides is 1. The van der Waals surface area contributed by atoms with Gasteiger partial charge in [-0.15, -0.1) is 0 Å². The van der Waals surface area contributed by atoms with Crippen LogP contribution >= 0.6 is 22.6 Å². The summed E-state index contributed by atoms with van der Waals surface area (Å²) in [5, 5.41) is 9.00. The fraction of sp³-hybridized carbons (Fsp3) is 0.533. The molecule has 104 valence electrons. The van der Waals surface area contributed by atoms with Crippen molar-refractivity contribution in [3.8, 4) is 0 Å². The van der Waals surface area contributed by atoms with E-state index < -0.39 is 0 Å². The summed E-state index contributed by atoms with van der Waals surface area (Å²) in [6.45, 7) is 2.82. The lowest BCUT2D eigenvalue weighted by atomic mass is 9.90. The summed E-state index contributed by atoms with van der Waals surface area (Å²) in [5.41, 5.74) is 1.94. The van der Waals surface area contributed by atoms with E-state index in [0.717, 1.165) is 27.5 Å². The first-order chi connectivity index (χ1) is 9.15. The summed E-state index contributed by atoms with van der Waals surface area (Å²) in [7, 11) is 0. The van der Waals surface area contributed by atoms with Gasteiger partial charge in [-0.3, -0.25) is 4.79 Å². The lowest BCUT2D eigenvalue weighted by Gasteiger charge is -2.38. The van der Waals surface area contributed by atoms with Crippen molar-refractivity contribution in [1.29, 1.82) is 0 Å². The maximum absolute atomic E-state index is 12.7. The minimum atomic E-state index is 0.117. The first-order valence-corrected chi connectivity index (χ1v) is 7.90. The summed E-state index contributed by atoms with van der Waals surface area (Å²) < 4.78 is 1.04. The maximum atomic E-state index is 12.7. The molecule has 0 aromatic heterocycles. The van der Waals surface area contributed by atoms with Gasteiger partial charge >= 0.3 is 0 Å². The van der Waals surface area contributed by atoms with E-state index in [0.29, 0.717) is 19.0 Å². The highest BCUT2D eigenvalue weighted by atomic mass is 127. The molecule has 1 aromatic rings. The molecule has 3 nitrogen and oxygen atoms in total. The van der Waals surface area contributed by atoms with E-state index in [1.807, 2.05) is 30.0 Å². The molecule has 0 unspecified atom stereocenters. The Kier molecular flexibility index (Phi) is 5.21. The number of rotatable bonds is 5. The average Bonchev–Trinajstić information content (AvgIpc) is 2.34. The topological polar surface area (TPSA) is 40.5 Å². The molecule has 1 amide bonds. The van der Waals surface area contributed by atoms with Gasteiger partial charge in [-0.2, -0.15) is 0 Å². The van der Waals surface area contributed by atoms with Gasteiger partial charge in [0.1, 0.15) is 0 Å². The zero-order chi connectivity index (χ0) is 13.8. The van der Waals surface area contributed by atoms with Gasteiger partial charge in [0, 0.05) is 22.8 Å². The minimum Gasteiger partial charge on any atom is -0.396 e. The number of benzene rings is 1. The van der Waals surface area contributed by atoms with Gasteiger partial charge in [0.05, 0.1) is 5.56 Å². The van der Waals surface area contributed by atoms with Gasteiger partial charge in [0.2, 0.25) is 0 Å². The first-order valence-electron chi connectivity index (χ1n) is 6.82. The molecule has 1 aliphatic rings. The van der Waals surface area contributed by atoms with Crippen molar-refractivity contribution >= 4 is 28.5 Å². The summed E-state index contributed by atoms with van der Waals surface area (Å²) >= 11 is 2.25. The third-order valence-electron chi connectivity index (χ3n) is 3.76. The van der Waals surface area contributed by atoms with E-state index in [9.17, 15) is 4.79 Å². The highest BCUT2D eigenvalue weighted by molar-refractivity contribution is 14.1. The SMILES string of the molecule is Cc1cccc(C(=O)N(CCCO)C2CCC2)c1I. The predicted octanol–water partition coefficient (Wildman–Crippen LogP) is 2.98. The maximum Gasteiger partial charge on any atom is 0.255 e. The Morgan fingerprint density at radius 3 is 2.79 bits per heavy atom. The smallest absolute Gasteiger partial charge is 0.255 e. The van der Waals surface area contributed by atoms with Crippen LogP contribution in [0, 0.1) is 10.5 Å². The Hall–Kier alpha value is -0.620. The van der Waals surface area contributed by atoms with Crippen molar-refractivity contribution in [2.75, 3.05) is 13.2 Å². The average molecular weight is 373 g/mol. The molecule has 19 heavy (non-hydrogen) atoms. The van der Waals surface area contributed by atoms with Crippen LogP contribution in [0.1, 0.15) is 41.6 Å². The quantitative estimate of drug-likeness (QED) is 0.807. The molecule has 1 aromatic carbocycles. The molecule has 0 aliphatic heterocycles. The highest BCUT2D eigenvalue weighted by Gasteiger charge is 2.29. The first kappa shape index (κ1) is 14.8. The molecule has 2 rings (SSSR count). The number of carbonyl (C=O) groups is 1. The second kappa shape index (κ2) is 6.70. The van der Waals surface area contributed by atoms with Crippen LogP contribution in [0.25, 0.3) is 0 Å². The number of aliphatic hydroxyl groups excluding tert-OH is 1. The van der Waals surface area contributed by atoms with Crippen LogP contribution in [0.15, 0.2) is 18.2 Å². The predicted molar refractivity (Wildman–Crippen MR) is 84.3 cm³/mol.